The Hall–Kier alpha value is -7.11. The Bertz CT molecular complexity index is 2940. The first kappa shape index (κ1) is 29.6. The van der Waals surface area contributed by atoms with Gasteiger partial charge in [0.15, 0.2) is 23.2 Å². The van der Waals surface area contributed by atoms with Crippen molar-refractivity contribution < 1.29 is 8.83 Å². The smallest absolute Gasteiger partial charge is 0.199 e. The fourth-order valence-corrected chi connectivity index (χ4v) is 8.42. The average Bonchev–Trinajstić information content (AvgIpc) is 3.92. The highest BCUT2D eigenvalue weighted by molar-refractivity contribution is 6.09. The second-order valence-corrected chi connectivity index (χ2v) is 13.5. The molecule has 10 aromatic rings. The normalized spacial score (nSPS) is 13.1. The molecule has 53 heavy (non-hydrogen) atoms. The molecule has 3 aromatic heterocycles. The summed E-state index contributed by atoms with van der Waals surface area (Å²) in [7, 11) is 0. The first-order chi connectivity index (χ1) is 26.3. The van der Waals surface area contributed by atoms with E-state index in [-0.39, 0.29) is 0 Å². The van der Waals surface area contributed by atoms with Crippen LogP contribution in [0, 0.1) is 0 Å². The lowest BCUT2D eigenvalue weighted by atomic mass is 9.67. The summed E-state index contributed by atoms with van der Waals surface area (Å²) in [6, 6.07) is 61.1. The van der Waals surface area contributed by atoms with E-state index in [0.717, 1.165) is 55.2 Å². The van der Waals surface area contributed by atoms with Gasteiger partial charge in [-0.2, -0.15) is 0 Å². The van der Waals surface area contributed by atoms with E-state index in [1.807, 2.05) is 60.7 Å². The number of furan rings is 2. The molecule has 0 radical (unpaired) electrons. The predicted octanol–water partition coefficient (Wildman–Crippen LogP) is 11.9. The maximum Gasteiger partial charge on any atom is 0.199 e. The molecule has 0 bridgehead atoms. The van der Waals surface area contributed by atoms with Crippen LogP contribution >= 0.6 is 0 Å². The SMILES string of the molecule is c1ccc(C2(c3ccccc3)c3ccccc3-c3c(-c4nc(-c5cc6ccccc6o5)nc(-c5cccc6c5oc5ccccc56)n4)cccc32)cc1. The van der Waals surface area contributed by atoms with Gasteiger partial charge in [-0.3, -0.25) is 0 Å². The third kappa shape index (κ3) is 4.34. The minimum Gasteiger partial charge on any atom is -0.455 e. The van der Waals surface area contributed by atoms with E-state index >= 15 is 0 Å². The van der Waals surface area contributed by atoms with Gasteiger partial charge in [-0.1, -0.05) is 152 Å². The van der Waals surface area contributed by atoms with Gasteiger partial charge in [-0.05, 0) is 57.6 Å². The minimum absolute atomic E-state index is 0.454. The number of hydrogen-bond acceptors (Lipinski definition) is 5. The summed E-state index contributed by atoms with van der Waals surface area (Å²) in [6.07, 6.45) is 0. The van der Waals surface area contributed by atoms with Gasteiger partial charge in [0, 0.05) is 21.7 Å². The van der Waals surface area contributed by atoms with Crippen LogP contribution in [-0.4, -0.2) is 15.0 Å². The summed E-state index contributed by atoms with van der Waals surface area (Å²) in [5, 5.41) is 3.04. The van der Waals surface area contributed by atoms with Crippen molar-refractivity contribution >= 4 is 32.9 Å². The van der Waals surface area contributed by atoms with Crippen LogP contribution in [-0.2, 0) is 5.41 Å². The maximum absolute atomic E-state index is 6.50. The molecule has 0 atom stereocenters. The van der Waals surface area contributed by atoms with E-state index in [1.54, 1.807) is 0 Å². The zero-order valence-electron chi connectivity index (χ0n) is 28.4. The van der Waals surface area contributed by atoms with Crippen LogP contribution in [0.4, 0.5) is 0 Å². The minimum atomic E-state index is -0.554. The second kappa shape index (κ2) is 11.5. The van der Waals surface area contributed by atoms with E-state index in [4.69, 9.17) is 23.8 Å². The van der Waals surface area contributed by atoms with Crippen molar-refractivity contribution in [3.63, 3.8) is 0 Å². The monoisotopic (exact) mass is 679 g/mol. The van der Waals surface area contributed by atoms with Gasteiger partial charge in [-0.25, -0.2) is 15.0 Å². The molecule has 0 aliphatic heterocycles. The fourth-order valence-electron chi connectivity index (χ4n) is 8.42. The molecule has 5 nitrogen and oxygen atoms in total. The number of aromatic nitrogens is 3. The number of rotatable bonds is 5. The Balaban J connectivity index is 1.22. The molecule has 0 N–H and O–H groups in total. The van der Waals surface area contributed by atoms with E-state index < -0.39 is 5.41 Å². The Morgan fingerprint density at radius 1 is 0.396 bits per heavy atom. The van der Waals surface area contributed by atoms with Crippen molar-refractivity contribution in [2.75, 3.05) is 0 Å². The van der Waals surface area contributed by atoms with Crippen molar-refractivity contribution in [1.29, 1.82) is 0 Å². The van der Waals surface area contributed by atoms with E-state index in [1.165, 1.54) is 22.3 Å². The molecular weight excluding hydrogens is 651 g/mol. The summed E-state index contributed by atoms with van der Waals surface area (Å²) in [5.41, 5.74) is 10.5. The van der Waals surface area contributed by atoms with Gasteiger partial charge in [0.2, 0.25) is 0 Å². The topological polar surface area (TPSA) is 65.0 Å². The molecule has 11 rings (SSSR count). The van der Waals surface area contributed by atoms with E-state index in [9.17, 15) is 0 Å². The Morgan fingerprint density at radius 3 is 1.75 bits per heavy atom. The largest absolute Gasteiger partial charge is 0.455 e. The first-order valence-corrected chi connectivity index (χ1v) is 17.8. The summed E-state index contributed by atoms with van der Waals surface area (Å²) in [4.78, 5) is 15.6. The lowest BCUT2D eigenvalue weighted by Gasteiger charge is -2.33. The van der Waals surface area contributed by atoms with Crippen molar-refractivity contribution in [3.05, 3.63) is 198 Å². The number of nitrogens with zero attached hydrogens (tertiary/aromatic N) is 3. The van der Waals surface area contributed by atoms with Crippen LogP contribution in [0.5, 0.6) is 0 Å². The first-order valence-electron chi connectivity index (χ1n) is 17.8. The summed E-state index contributed by atoms with van der Waals surface area (Å²) >= 11 is 0. The fraction of sp³-hybridized carbons (Fsp3) is 0.0208. The van der Waals surface area contributed by atoms with Crippen molar-refractivity contribution in [3.8, 4) is 45.5 Å². The van der Waals surface area contributed by atoms with Gasteiger partial charge in [-0.15, -0.1) is 0 Å². The van der Waals surface area contributed by atoms with Crippen molar-refractivity contribution in [2.24, 2.45) is 0 Å². The van der Waals surface area contributed by atoms with E-state index in [2.05, 4.69) is 115 Å². The summed E-state index contributed by atoms with van der Waals surface area (Å²) in [5.74, 6) is 2.10. The Labute approximate surface area is 304 Å². The maximum atomic E-state index is 6.50. The highest BCUT2D eigenvalue weighted by Gasteiger charge is 2.47. The van der Waals surface area contributed by atoms with Crippen LogP contribution in [0.2, 0.25) is 0 Å². The second-order valence-electron chi connectivity index (χ2n) is 13.5. The molecular formula is C48H29N3O2. The molecule has 5 heteroatoms. The number of benzene rings is 7. The third-order valence-electron chi connectivity index (χ3n) is 10.6. The van der Waals surface area contributed by atoms with Gasteiger partial charge >= 0.3 is 0 Å². The van der Waals surface area contributed by atoms with Crippen molar-refractivity contribution in [1.82, 2.24) is 15.0 Å². The zero-order valence-corrected chi connectivity index (χ0v) is 28.4. The molecule has 0 spiro atoms. The zero-order chi connectivity index (χ0) is 34.9. The third-order valence-corrected chi connectivity index (χ3v) is 10.6. The van der Waals surface area contributed by atoms with Crippen LogP contribution < -0.4 is 0 Å². The molecule has 0 fully saturated rings. The van der Waals surface area contributed by atoms with Gasteiger partial charge in [0.05, 0.1) is 11.0 Å². The summed E-state index contributed by atoms with van der Waals surface area (Å²) < 4.78 is 12.9. The summed E-state index contributed by atoms with van der Waals surface area (Å²) in [6.45, 7) is 0. The highest BCUT2D eigenvalue weighted by Crippen LogP contribution is 2.58. The molecule has 0 unspecified atom stereocenters. The highest BCUT2D eigenvalue weighted by atomic mass is 16.3. The molecule has 1 aliphatic carbocycles. The molecule has 7 aromatic carbocycles. The molecule has 0 saturated heterocycles. The van der Waals surface area contributed by atoms with Crippen molar-refractivity contribution in [2.45, 2.75) is 5.41 Å². The Morgan fingerprint density at radius 2 is 0.962 bits per heavy atom. The predicted molar refractivity (Wildman–Crippen MR) is 210 cm³/mol. The lowest BCUT2D eigenvalue weighted by Crippen LogP contribution is -2.28. The van der Waals surface area contributed by atoms with Gasteiger partial charge < -0.3 is 8.83 Å². The van der Waals surface area contributed by atoms with Crippen LogP contribution in [0.3, 0.4) is 0 Å². The van der Waals surface area contributed by atoms with Gasteiger partial charge in [0.25, 0.3) is 0 Å². The molecule has 0 saturated carbocycles. The standard InChI is InChI=1S/C48H29N3O2/c1-3-16-31(17-4-1)48(32-18-5-2-6-19-32)38-25-10-8-21-35(38)43-36(23-14-26-39(43)48)45-49-46(51-47(50-45)42-29-30-15-7-11-27-40(30)52-42)37-24-13-22-34-33-20-9-12-28-41(33)53-44(34)37/h1-29H. The Kier molecular flexibility index (Phi) is 6.40. The lowest BCUT2D eigenvalue weighted by molar-refractivity contribution is 0.624. The molecule has 3 heterocycles. The number of fused-ring (bicyclic) bond motifs is 7. The molecule has 248 valence electrons. The number of hydrogen-bond donors (Lipinski definition) is 0. The molecule has 1 aliphatic rings. The van der Waals surface area contributed by atoms with Crippen LogP contribution in [0.1, 0.15) is 22.3 Å². The van der Waals surface area contributed by atoms with Crippen LogP contribution in [0.25, 0.3) is 78.4 Å². The van der Waals surface area contributed by atoms with Crippen LogP contribution in [0.15, 0.2) is 185 Å². The quantitative estimate of drug-likeness (QED) is 0.181. The van der Waals surface area contributed by atoms with Gasteiger partial charge in [0.1, 0.15) is 16.7 Å². The number of para-hydroxylation sites is 3. The molecule has 0 amide bonds. The van der Waals surface area contributed by atoms with E-state index in [0.29, 0.717) is 23.2 Å². The average molecular weight is 680 g/mol.